The fraction of sp³-hybridized carbons (Fsp3) is 0.300. The van der Waals surface area contributed by atoms with Gasteiger partial charge in [-0.05, 0) is 37.1 Å². The van der Waals surface area contributed by atoms with Crippen molar-refractivity contribution in [2.45, 2.75) is 37.9 Å². The first-order valence-corrected chi connectivity index (χ1v) is 8.33. The number of carboxylic acid groups (broad SMARTS) is 2. The Morgan fingerprint density at radius 2 is 1.00 bits per heavy atom. The number of carbonyl (C=O) groups is 2. The molecule has 6 heteroatoms. The molecule has 0 radical (unpaired) electrons. The van der Waals surface area contributed by atoms with Crippen LogP contribution in [0.3, 0.4) is 0 Å². The molecule has 4 N–H and O–H groups in total. The summed E-state index contributed by atoms with van der Waals surface area (Å²) in [4.78, 5) is 20.4. The lowest BCUT2D eigenvalue weighted by Gasteiger charge is -2.25. The molecule has 6 nitrogen and oxygen atoms in total. The van der Waals surface area contributed by atoms with Crippen LogP contribution < -0.4 is 0 Å². The number of rotatable bonds is 2. The van der Waals surface area contributed by atoms with Gasteiger partial charge in [-0.2, -0.15) is 0 Å². The second kappa shape index (κ2) is 11.0. The van der Waals surface area contributed by atoms with E-state index in [0.717, 1.165) is 19.3 Å². The predicted molar refractivity (Wildman–Crippen MR) is 97.1 cm³/mol. The Morgan fingerprint density at radius 1 is 0.654 bits per heavy atom. The standard InChI is InChI=1S/2C7H6O2.C6H12O2/c2*8-7(9)6-4-2-1-3-5-6;7-6(8)4-2-1-3-5-6/h2*1-5H,(H,8,9);7-8H,1-5H2. The third-order valence-corrected chi connectivity index (χ3v) is 3.70. The topological polar surface area (TPSA) is 115 Å². The van der Waals surface area contributed by atoms with Crippen LogP contribution in [0.2, 0.25) is 0 Å². The van der Waals surface area contributed by atoms with Crippen molar-refractivity contribution in [1.82, 2.24) is 0 Å². The maximum Gasteiger partial charge on any atom is 0.335 e. The van der Waals surface area contributed by atoms with E-state index in [0.29, 0.717) is 24.0 Å². The average Bonchev–Trinajstić information content (AvgIpc) is 2.64. The van der Waals surface area contributed by atoms with Gasteiger partial charge in [0.2, 0.25) is 0 Å². The summed E-state index contributed by atoms with van der Waals surface area (Å²) < 4.78 is 0. The Kier molecular flexibility index (Phi) is 9.05. The lowest BCUT2D eigenvalue weighted by Crippen LogP contribution is -2.30. The van der Waals surface area contributed by atoms with Gasteiger partial charge in [-0.25, -0.2) is 9.59 Å². The lowest BCUT2D eigenvalue weighted by molar-refractivity contribution is -0.180. The molecule has 0 amide bonds. The molecule has 0 aromatic heterocycles. The highest BCUT2D eigenvalue weighted by atomic mass is 16.5. The number of aromatic carboxylic acids is 2. The van der Waals surface area contributed by atoms with E-state index in [1.54, 1.807) is 60.7 Å². The predicted octanol–water partition coefficient (Wildman–Crippen LogP) is 3.40. The van der Waals surface area contributed by atoms with Gasteiger partial charge in [0.15, 0.2) is 5.79 Å². The average molecular weight is 360 g/mol. The van der Waals surface area contributed by atoms with E-state index < -0.39 is 17.7 Å². The maximum absolute atomic E-state index is 10.2. The second-order valence-corrected chi connectivity index (χ2v) is 5.89. The van der Waals surface area contributed by atoms with E-state index in [-0.39, 0.29) is 0 Å². The zero-order valence-corrected chi connectivity index (χ0v) is 14.4. The van der Waals surface area contributed by atoms with Crippen molar-refractivity contribution in [1.29, 1.82) is 0 Å². The van der Waals surface area contributed by atoms with Crippen molar-refractivity contribution in [3.05, 3.63) is 71.8 Å². The van der Waals surface area contributed by atoms with Crippen LogP contribution in [0.4, 0.5) is 0 Å². The molecule has 0 aliphatic heterocycles. The van der Waals surface area contributed by atoms with Crippen molar-refractivity contribution in [3.8, 4) is 0 Å². The first kappa shape index (κ1) is 21.3. The van der Waals surface area contributed by atoms with Crippen molar-refractivity contribution in [3.63, 3.8) is 0 Å². The minimum atomic E-state index is -1.32. The molecule has 0 atom stereocenters. The molecule has 2 aromatic carbocycles. The lowest BCUT2D eigenvalue weighted by atomic mass is 9.95. The van der Waals surface area contributed by atoms with Crippen LogP contribution in [0.25, 0.3) is 0 Å². The van der Waals surface area contributed by atoms with Crippen LogP contribution in [0, 0.1) is 0 Å². The van der Waals surface area contributed by atoms with Crippen molar-refractivity contribution >= 4 is 11.9 Å². The molecule has 1 aliphatic rings. The summed E-state index contributed by atoms with van der Waals surface area (Å²) in [5.74, 6) is -3.08. The smallest absolute Gasteiger partial charge is 0.335 e. The quantitative estimate of drug-likeness (QED) is 0.610. The zero-order valence-electron chi connectivity index (χ0n) is 14.4. The normalized spacial score (nSPS) is 14.7. The second-order valence-electron chi connectivity index (χ2n) is 5.89. The highest BCUT2D eigenvalue weighted by molar-refractivity contribution is 5.87. The third-order valence-electron chi connectivity index (χ3n) is 3.70. The van der Waals surface area contributed by atoms with Gasteiger partial charge in [0, 0.05) is 12.8 Å². The van der Waals surface area contributed by atoms with Gasteiger partial charge in [-0.3, -0.25) is 0 Å². The molecule has 1 fully saturated rings. The first-order chi connectivity index (χ1) is 12.3. The number of carboxylic acids is 2. The van der Waals surface area contributed by atoms with Crippen LogP contribution in [-0.2, 0) is 0 Å². The van der Waals surface area contributed by atoms with Gasteiger partial charge in [0.05, 0.1) is 11.1 Å². The van der Waals surface area contributed by atoms with E-state index >= 15 is 0 Å². The maximum atomic E-state index is 10.2. The number of hydrogen-bond acceptors (Lipinski definition) is 4. The highest BCUT2D eigenvalue weighted by Crippen LogP contribution is 2.24. The molecule has 0 unspecified atom stereocenters. The van der Waals surface area contributed by atoms with Crippen molar-refractivity contribution in [2.75, 3.05) is 0 Å². The van der Waals surface area contributed by atoms with Crippen molar-refractivity contribution in [2.24, 2.45) is 0 Å². The minimum Gasteiger partial charge on any atom is -0.478 e. The summed E-state index contributed by atoms with van der Waals surface area (Å²) in [7, 11) is 0. The molecule has 140 valence electrons. The molecule has 0 spiro atoms. The van der Waals surface area contributed by atoms with Crippen LogP contribution in [-0.4, -0.2) is 38.2 Å². The Labute approximate surface area is 152 Å². The van der Waals surface area contributed by atoms with Gasteiger partial charge in [0.25, 0.3) is 0 Å². The molecule has 0 saturated heterocycles. The third kappa shape index (κ3) is 8.96. The largest absolute Gasteiger partial charge is 0.478 e. The van der Waals surface area contributed by atoms with E-state index in [9.17, 15) is 9.59 Å². The summed E-state index contributed by atoms with van der Waals surface area (Å²) in [5, 5.41) is 34.6. The van der Waals surface area contributed by atoms with E-state index in [4.69, 9.17) is 20.4 Å². The number of hydrogen-bond donors (Lipinski definition) is 4. The molecular formula is C20H24O6. The van der Waals surface area contributed by atoms with Gasteiger partial charge < -0.3 is 20.4 Å². The minimum absolute atomic E-state index is 0.331. The molecule has 2 aromatic rings. The fourth-order valence-electron chi connectivity index (χ4n) is 2.28. The van der Waals surface area contributed by atoms with Gasteiger partial charge in [-0.15, -0.1) is 0 Å². The van der Waals surface area contributed by atoms with E-state index in [2.05, 4.69) is 0 Å². The summed E-state index contributed by atoms with van der Waals surface area (Å²) in [5.41, 5.74) is 0.662. The Hall–Kier alpha value is -2.70. The Balaban J connectivity index is 0.000000195. The zero-order chi connectivity index (χ0) is 19.4. The Morgan fingerprint density at radius 3 is 1.19 bits per heavy atom. The van der Waals surface area contributed by atoms with Crippen LogP contribution >= 0.6 is 0 Å². The fourth-order valence-corrected chi connectivity index (χ4v) is 2.28. The molecule has 26 heavy (non-hydrogen) atoms. The molecule has 1 aliphatic carbocycles. The van der Waals surface area contributed by atoms with Crippen LogP contribution in [0.1, 0.15) is 52.8 Å². The molecule has 3 rings (SSSR count). The summed E-state index contributed by atoms with van der Waals surface area (Å²) >= 11 is 0. The molecule has 0 bridgehead atoms. The first-order valence-electron chi connectivity index (χ1n) is 8.33. The van der Waals surface area contributed by atoms with E-state index in [1.165, 1.54) is 0 Å². The van der Waals surface area contributed by atoms with E-state index in [1.807, 2.05) is 0 Å². The van der Waals surface area contributed by atoms with Gasteiger partial charge >= 0.3 is 11.9 Å². The summed E-state index contributed by atoms with van der Waals surface area (Å²) in [6.07, 6.45) is 4.21. The summed E-state index contributed by atoms with van der Waals surface area (Å²) in [6, 6.07) is 16.6. The monoisotopic (exact) mass is 360 g/mol. The van der Waals surface area contributed by atoms with Crippen LogP contribution in [0.15, 0.2) is 60.7 Å². The number of benzene rings is 2. The molecule has 1 saturated carbocycles. The highest BCUT2D eigenvalue weighted by Gasteiger charge is 2.24. The van der Waals surface area contributed by atoms with Crippen molar-refractivity contribution < 1.29 is 30.0 Å². The molecule has 0 heterocycles. The molecular weight excluding hydrogens is 336 g/mol. The van der Waals surface area contributed by atoms with Gasteiger partial charge in [0.1, 0.15) is 0 Å². The van der Waals surface area contributed by atoms with Crippen LogP contribution in [0.5, 0.6) is 0 Å². The number of aliphatic hydroxyl groups is 2. The SMILES string of the molecule is O=C(O)c1ccccc1.O=C(O)c1ccccc1.OC1(O)CCCCC1. The summed E-state index contributed by atoms with van der Waals surface area (Å²) in [6.45, 7) is 0. The van der Waals surface area contributed by atoms with Gasteiger partial charge in [-0.1, -0.05) is 42.8 Å². The Bertz CT molecular complexity index is 610.